The SMILES string of the molecule is NC1CCN(c2nc(Nc3cc([C@H]4C[C@@H]4c4ccccc4)[nH]n3)c3cccn3n2)CC1. The average molecular weight is 415 g/mol. The highest BCUT2D eigenvalue weighted by molar-refractivity contribution is 5.73. The van der Waals surface area contributed by atoms with Crippen LogP contribution in [0.25, 0.3) is 5.52 Å². The molecular weight excluding hydrogens is 388 g/mol. The van der Waals surface area contributed by atoms with Crippen LogP contribution in [-0.4, -0.2) is 43.9 Å². The van der Waals surface area contributed by atoms with E-state index in [1.54, 1.807) is 0 Å². The number of nitrogens with zero attached hydrogens (tertiary/aromatic N) is 5. The first-order valence-electron chi connectivity index (χ1n) is 11.0. The second-order valence-electron chi connectivity index (χ2n) is 8.62. The second-order valence-corrected chi connectivity index (χ2v) is 8.62. The van der Waals surface area contributed by atoms with Gasteiger partial charge in [0.1, 0.15) is 5.52 Å². The number of hydrogen-bond acceptors (Lipinski definition) is 6. The lowest BCUT2D eigenvalue weighted by Gasteiger charge is -2.30. The molecule has 2 atom stereocenters. The van der Waals surface area contributed by atoms with Crippen LogP contribution in [-0.2, 0) is 0 Å². The molecule has 0 radical (unpaired) electrons. The molecule has 6 rings (SSSR count). The van der Waals surface area contributed by atoms with Gasteiger partial charge in [0.25, 0.3) is 0 Å². The van der Waals surface area contributed by atoms with Crippen LogP contribution >= 0.6 is 0 Å². The monoisotopic (exact) mass is 414 g/mol. The quantitative estimate of drug-likeness (QED) is 0.463. The van der Waals surface area contributed by atoms with Gasteiger partial charge in [-0.1, -0.05) is 30.3 Å². The van der Waals surface area contributed by atoms with E-state index in [-0.39, 0.29) is 6.04 Å². The standard InChI is InChI=1S/C23H26N8/c24-16-8-11-30(12-9-16)23-26-22(20-7-4-10-31(20)29-23)25-21-14-19(27-28-21)18-13-17(18)15-5-2-1-3-6-15/h1-7,10,14,16-18H,8-9,11-13,24H2,(H2,25,26,27,28,29)/t17-,18+/m1/s1. The van der Waals surface area contributed by atoms with E-state index in [9.17, 15) is 0 Å². The molecule has 8 nitrogen and oxygen atoms in total. The summed E-state index contributed by atoms with van der Waals surface area (Å²) in [5, 5.41) is 15.8. The van der Waals surface area contributed by atoms with E-state index < -0.39 is 0 Å². The Kier molecular flexibility index (Phi) is 4.38. The summed E-state index contributed by atoms with van der Waals surface area (Å²) in [6.45, 7) is 1.75. The van der Waals surface area contributed by atoms with Crippen LogP contribution in [0, 0.1) is 0 Å². The third-order valence-electron chi connectivity index (χ3n) is 6.46. The number of aromatic nitrogens is 5. The minimum atomic E-state index is 0.272. The topological polar surface area (TPSA) is 100 Å². The van der Waals surface area contributed by atoms with Gasteiger partial charge < -0.3 is 16.0 Å². The van der Waals surface area contributed by atoms with E-state index in [2.05, 4.69) is 56.8 Å². The third-order valence-corrected chi connectivity index (χ3v) is 6.46. The number of benzene rings is 1. The van der Waals surface area contributed by atoms with E-state index in [1.165, 1.54) is 11.3 Å². The molecule has 158 valence electrons. The molecule has 3 aromatic heterocycles. The third kappa shape index (κ3) is 3.53. The Balaban J connectivity index is 1.23. The largest absolute Gasteiger partial charge is 0.339 e. The van der Waals surface area contributed by atoms with Gasteiger partial charge in [0.05, 0.1) is 0 Å². The highest BCUT2D eigenvalue weighted by Gasteiger charge is 2.40. The van der Waals surface area contributed by atoms with Crippen LogP contribution in [0.2, 0.25) is 0 Å². The normalized spacial score (nSPS) is 21.5. The van der Waals surface area contributed by atoms with Crippen LogP contribution in [0.3, 0.4) is 0 Å². The van der Waals surface area contributed by atoms with Gasteiger partial charge in [-0.15, -0.1) is 5.10 Å². The van der Waals surface area contributed by atoms with Gasteiger partial charge in [-0.3, -0.25) is 5.10 Å². The first kappa shape index (κ1) is 18.4. The lowest BCUT2D eigenvalue weighted by molar-refractivity contribution is 0.493. The fourth-order valence-corrected chi connectivity index (χ4v) is 4.57. The average Bonchev–Trinajstić information content (AvgIpc) is 3.21. The highest BCUT2D eigenvalue weighted by Crippen LogP contribution is 2.54. The number of anilines is 3. The molecule has 0 bridgehead atoms. The Labute approximate surface area is 180 Å². The summed E-state index contributed by atoms with van der Waals surface area (Å²) in [7, 11) is 0. The molecule has 2 fully saturated rings. The van der Waals surface area contributed by atoms with Crippen molar-refractivity contribution in [2.75, 3.05) is 23.3 Å². The van der Waals surface area contributed by atoms with Crippen LogP contribution in [0.1, 0.15) is 42.4 Å². The number of fused-ring (bicyclic) bond motifs is 1. The van der Waals surface area contributed by atoms with Gasteiger partial charge in [0, 0.05) is 43.0 Å². The van der Waals surface area contributed by atoms with Gasteiger partial charge in [-0.2, -0.15) is 10.1 Å². The first-order chi connectivity index (χ1) is 15.2. The van der Waals surface area contributed by atoms with Gasteiger partial charge in [0.2, 0.25) is 5.95 Å². The summed E-state index contributed by atoms with van der Waals surface area (Å²) in [5.41, 5.74) is 9.55. The molecule has 1 saturated heterocycles. The maximum atomic E-state index is 6.06. The van der Waals surface area contributed by atoms with Crippen molar-refractivity contribution in [3.05, 3.63) is 66.0 Å². The molecule has 8 heteroatoms. The molecule has 31 heavy (non-hydrogen) atoms. The molecule has 1 aliphatic heterocycles. The van der Waals surface area contributed by atoms with Crippen molar-refractivity contribution >= 4 is 23.1 Å². The van der Waals surface area contributed by atoms with Gasteiger partial charge in [0.15, 0.2) is 11.6 Å². The second kappa shape index (κ2) is 7.39. The molecule has 0 unspecified atom stereocenters. The number of nitrogens with one attached hydrogen (secondary N) is 2. The highest BCUT2D eigenvalue weighted by atomic mass is 15.4. The molecule has 1 aliphatic carbocycles. The van der Waals surface area contributed by atoms with Crippen molar-refractivity contribution in [2.45, 2.75) is 37.1 Å². The predicted octanol–water partition coefficient (Wildman–Crippen LogP) is 3.39. The molecule has 0 amide bonds. The molecular formula is C23H26N8. The Bertz CT molecular complexity index is 1190. The number of rotatable bonds is 5. The zero-order valence-electron chi connectivity index (χ0n) is 17.3. The number of piperidine rings is 1. The Morgan fingerprint density at radius 3 is 2.71 bits per heavy atom. The minimum Gasteiger partial charge on any atom is -0.339 e. The van der Waals surface area contributed by atoms with Crippen LogP contribution in [0.15, 0.2) is 54.7 Å². The molecule has 1 saturated carbocycles. The van der Waals surface area contributed by atoms with Crippen LogP contribution in [0.4, 0.5) is 17.6 Å². The van der Waals surface area contributed by atoms with Crippen molar-refractivity contribution in [3.63, 3.8) is 0 Å². The van der Waals surface area contributed by atoms with Crippen LogP contribution in [0.5, 0.6) is 0 Å². The summed E-state index contributed by atoms with van der Waals surface area (Å²) in [5.74, 6) is 3.33. The minimum absolute atomic E-state index is 0.272. The van der Waals surface area contributed by atoms with Crippen molar-refractivity contribution in [1.82, 2.24) is 24.8 Å². The van der Waals surface area contributed by atoms with Crippen molar-refractivity contribution in [3.8, 4) is 0 Å². The summed E-state index contributed by atoms with van der Waals surface area (Å²) < 4.78 is 1.87. The Morgan fingerprint density at radius 1 is 1.03 bits per heavy atom. The van der Waals surface area contributed by atoms with E-state index in [0.717, 1.165) is 55.5 Å². The maximum Gasteiger partial charge on any atom is 0.245 e. The number of H-pyrrole nitrogens is 1. The number of nitrogens with two attached hydrogens (primary N) is 1. The molecule has 4 N–H and O–H groups in total. The van der Waals surface area contributed by atoms with E-state index in [0.29, 0.717) is 11.8 Å². The van der Waals surface area contributed by atoms with Crippen molar-refractivity contribution < 1.29 is 0 Å². The maximum absolute atomic E-state index is 6.06. The summed E-state index contributed by atoms with van der Waals surface area (Å²) in [4.78, 5) is 7.04. The smallest absolute Gasteiger partial charge is 0.245 e. The van der Waals surface area contributed by atoms with E-state index >= 15 is 0 Å². The Morgan fingerprint density at radius 2 is 1.87 bits per heavy atom. The summed E-state index contributed by atoms with van der Waals surface area (Å²) >= 11 is 0. The van der Waals surface area contributed by atoms with Gasteiger partial charge in [-0.25, -0.2) is 4.52 Å². The fourth-order valence-electron chi connectivity index (χ4n) is 4.57. The fraction of sp³-hybridized carbons (Fsp3) is 0.348. The molecule has 4 aromatic rings. The zero-order chi connectivity index (χ0) is 20.8. The molecule has 1 aromatic carbocycles. The first-order valence-corrected chi connectivity index (χ1v) is 11.0. The van der Waals surface area contributed by atoms with E-state index in [1.807, 2.05) is 22.8 Å². The lowest BCUT2D eigenvalue weighted by atomic mass is 10.1. The predicted molar refractivity (Wildman–Crippen MR) is 121 cm³/mol. The van der Waals surface area contributed by atoms with Crippen molar-refractivity contribution in [1.29, 1.82) is 0 Å². The van der Waals surface area contributed by atoms with Gasteiger partial charge >= 0.3 is 0 Å². The molecule has 0 spiro atoms. The molecule has 2 aliphatic rings. The number of hydrogen-bond donors (Lipinski definition) is 3. The molecule has 4 heterocycles. The number of aromatic amines is 1. The van der Waals surface area contributed by atoms with Crippen LogP contribution < -0.4 is 16.0 Å². The Hall–Kier alpha value is -3.39. The van der Waals surface area contributed by atoms with Crippen molar-refractivity contribution in [2.24, 2.45) is 5.73 Å². The van der Waals surface area contributed by atoms with Gasteiger partial charge in [-0.05, 0) is 42.9 Å². The lowest BCUT2D eigenvalue weighted by Crippen LogP contribution is -2.40. The summed E-state index contributed by atoms with van der Waals surface area (Å²) in [6, 6.07) is 17.1. The van der Waals surface area contributed by atoms with E-state index in [4.69, 9.17) is 15.8 Å². The zero-order valence-corrected chi connectivity index (χ0v) is 17.3. The summed E-state index contributed by atoms with van der Waals surface area (Å²) in [6.07, 6.45) is 5.03.